The second kappa shape index (κ2) is 6.88. The molecule has 1 aliphatic rings. The van der Waals surface area contributed by atoms with Crippen LogP contribution in [0, 0.1) is 0 Å². The lowest BCUT2D eigenvalue weighted by atomic mass is 10.0. The molecule has 0 spiro atoms. The van der Waals surface area contributed by atoms with Crippen LogP contribution in [0.15, 0.2) is 60.8 Å². The minimum absolute atomic E-state index is 1.11. The zero-order chi connectivity index (χ0) is 16.2. The van der Waals surface area contributed by atoms with Gasteiger partial charge in [0.2, 0.25) is 0 Å². The van der Waals surface area contributed by atoms with Gasteiger partial charge in [-0.25, -0.2) is 4.98 Å². The predicted molar refractivity (Wildman–Crippen MR) is 103 cm³/mol. The van der Waals surface area contributed by atoms with Crippen LogP contribution < -0.4 is 4.90 Å². The summed E-state index contributed by atoms with van der Waals surface area (Å²) in [5.41, 5.74) is 2.46. The largest absolute Gasteiger partial charge is 0.357 e. The fourth-order valence-electron chi connectivity index (χ4n) is 3.42. The number of hydrogen-bond acceptors (Lipinski definition) is 2. The Balaban J connectivity index is 1.61. The van der Waals surface area contributed by atoms with Crippen LogP contribution in [0.2, 0.25) is 0 Å². The maximum absolute atomic E-state index is 4.56. The van der Waals surface area contributed by atoms with Gasteiger partial charge in [-0.05, 0) is 53.3 Å². The molecular formula is C22H22N2. The van der Waals surface area contributed by atoms with E-state index in [1.54, 1.807) is 0 Å². The number of hydrogen-bond donors (Lipinski definition) is 0. The molecular weight excluding hydrogens is 292 g/mol. The topological polar surface area (TPSA) is 16.1 Å². The van der Waals surface area contributed by atoms with E-state index in [0.717, 1.165) is 18.9 Å². The van der Waals surface area contributed by atoms with E-state index in [1.165, 1.54) is 41.2 Å². The number of nitrogens with zero attached hydrogens (tertiary/aromatic N) is 2. The van der Waals surface area contributed by atoms with Gasteiger partial charge < -0.3 is 4.90 Å². The maximum Gasteiger partial charge on any atom is 0.129 e. The van der Waals surface area contributed by atoms with E-state index in [2.05, 4.69) is 76.6 Å². The first-order valence-corrected chi connectivity index (χ1v) is 8.77. The molecule has 1 fully saturated rings. The molecule has 1 aliphatic heterocycles. The van der Waals surface area contributed by atoms with Crippen LogP contribution in [0.5, 0.6) is 0 Å². The Hall–Kier alpha value is -2.61. The molecule has 2 aromatic carbocycles. The zero-order valence-corrected chi connectivity index (χ0v) is 13.9. The summed E-state index contributed by atoms with van der Waals surface area (Å²) < 4.78 is 0. The van der Waals surface area contributed by atoms with Gasteiger partial charge in [0.1, 0.15) is 5.82 Å². The van der Waals surface area contributed by atoms with E-state index < -0.39 is 0 Å². The highest BCUT2D eigenvalue weighted by atomic mass is 15.2. The third kappa shape index (κ3) is 3.18. The molecule has 0 amide bonds. The van der Waals surface area contributed by atoms with E-state index >= 15 is 0 Å². The minimum atomic E-state index is 1.11. The Kier molecular flexibility index (Phi) is 4.28. The van der Waals surface area contributed by atoms with Gasteiger partial charge in [-0.15, -0.1) is 0 Å². The first-order chi connectivity index (χ1) is 11.9. The molecule has 0 saturated carbocycles. The normalized spacial score (nSPS) is 15.2. The summed E-state index contributed by atoms with van der Waals surface area (Å²) >= 11 is 0. The van der Waals surface area contributed by atoms with Crippen molar-refractivity contribution in [2.45, 2.75) is 19.3 Å². The molecule has 3 aromatic rings. The summed E-state index contributed by atoms with van der Waals surface area (Å²) in [4.78, 5) is 6.96. The summed E-state index contributed by atoms with van der Waals surface area (Å²) in [6, 6.07) is 19.3. The van der Waals surface area contributed by atoms with Crippen LogP contribution in [0.25, 0.3) is 22.9 Å². The first kappa shape index (κ1) is 14.9. The summed E-state index contributed by atoms with van der Waals surface area (Å²) in [6.07, 6.45) is 10.2. The maximum atomic E-state index is 4.56. The summed E-state index contributed by atoms with van der Waals surface area (Å²) in [6.45, 7) is 2.26. The number of piperidine rings is 1. The predicted octanol–water partition coefficient (Wildman–Crippen LogP) is 5.40. The molecule has 4 rings (SSSR count). The highest BCUT2D eigenvalue weighted by Gasteiger charge is 2.11. The monoisotopic (exact) mass is 314 g/mol. The summed E-state index contributed by atoms with van der Waals surface area (Å²) in [7, 11) is 0. The number of aromatic nitrogens is 1. The van der Waals surface area contributed by atoms with E-state index in [0.29, 0.717) is 0 Å². The molecule has 24 heavy (non-hydrogen) atoms. The molecule has 0 atom stereocenters. The molecule has 2 heteroatoms. The number of rotatable bonds is 3. The third-order valence-corrected chi connectivity index (χ3v) is 4.73. The second-order valence-electron chi connectivity index (χ2n) is 6.40. The van der Waals surface area contributed by atoms with E-state index in [-0.39, 0.29) is 0 Å². The molecule has 2 heterocycles. The molecule has 0 aliphatic carbocycles. The van der Waals surface area contributed by atoms with Crippen molar-refractivity contribution in [3.8, 4) is 0 Å². The molecule has 0 N–H and O–H groups in total. The van der Waals surface area contributed by atoms with Crippen molar-refractivity contribution in [3.63, 3.8) is 0 Å². The fourth-order valence-corrected chi connectivity index (χ4v) is 3.42. The van der Waals surface area contributed by atoms with Crippen LogP contribution in [-0.2, 0) is 0 Å². The average molecular weight is 314 g/mol. The first-order valence-electron chi connectivity index (χ1n) is 8.77. The smallest absolute Gasteiger partial charge is 0.129 e. The van der Waals surface area contributed by atoms with Crippen molar-refractivity contribution in [1.82, 2.24) is 4.98 Å². The van der Waals surface area contributed by atoms with Gasteiger partial charge in [-0.3, -0.25) is 0 Å². The van der Waals surface area contributed by atoms with Gasteiger partial charge in [0.05, 0.1) is 0 Å². The zero-order valence-electron chi connectivity index (χ0n) is 13.9. The van der Waals surface area contributed by atoms with E-state index in [1.807, 2.05) is 6.20 Å². The average Bonchev–Trinajstić information content (AvgIpc) is 2.67. The lowest BCUT2D eigenvalue weighted by Crippen LogP contribution is -2.30. The van der Waals surface area contributed by atoms with Gasteiger partial charge in [0.25, 0.3) is 0 Å². The molecule has 120 valence electrons. The van der Waals surface area contributed by atoms with Gasteiger partial charge in [-0.2, -0.15) is 0 Å². The van der Waals surface area contributed by atoms with Crippen molar-refractivity contribution in [1.29, 1.82) is 0 Å². The number of benzene rings is 2. The van der Waals surface area contributed by atoms with Crippen LogP contribution in [0.1, 0.15) is 30.4 Å². The molecule has 0 unspecified atom stereocenters. The van der Waals surface area contributed by atoms with Crippen LogP contribution in [0.3, 0.4) is 0 Å². The van der Waals surface area contributed by atoms with E-state index in [9.17, 15) is 0 Å². The molecule has 2 nitrogen and oxygen atoms in total. The Bertz CT molecular complexity index is 855. The number of fused-ring (bicyclic) bond motifs is 1. The van der Waals surface area contributed by atoms with Crippen molar-refractivity contribution in [3.05, 3.63) is 71.9 Å². The van der Waals surface area contributed by atoms with Crippen LogP contribution in [-0.4, -0.2) is 18.1 Å². The van der Waals surface area contributed by atoms with E-state index in [4.69, 9.17) is 0 Å². The number of anilines is 1. The lowest BCUT2D eigenvalue weighted by molar-refractivity contribution is 0.573. The van der Waals surface area contributed by atoms with Crippen molar-refractivity contribution >= 4 is 28.7 Å². The van der Waals surface area contributed by atoms with Gasteiger partial charge in [0.15, 0.2) is 0 Å². The molecule has 0 radical (unpaired) electrons. The van der Waals surface area contributed by atoms with Gasteiger partial charge >= 0.3 is 0 Å². The Morgan fingerprint density at radius 2 is 1.67 bits per heavy atom. The fraction of sp³-hybridized carbons (Fsp3) is 0.227. The molecule has 1 aromatic heterocycles. The standard InChI is InChI=1S/C22H22N2/c1-4-15-24(16-5-1)22-17-18(13-14-23-22)11-12-20-9-6-8-19-7-2-3-10-21(19)20/h2-3,6-14,17H,1,4-5,15-16H2. The van der Waals surface area contributed by atoms with Crippen molar-refractivity contribution in [2.24, 2.45) is 0 Å². The quantitative estimate of drug-likeness (QED) is 0.644. The summed E-state index contributed by atoms with van der Waals surface area (Å²) in [5, 5.41) is 2.57. The van der Waals surface area contributed by atoms with Crippen molar-refractivity contribution in [2.75, 3.05) is 18.0 Å². The Morgan fingerprint density at radius 1 is 0.833 bits per heavy atom. The summed E-state index contributed by atoms with van der Waals surface area (Å²) in [5.74, 6) is 1.11. The van der Waals surface area contributed by atoms with Crippen LogP contribution >= 0.6 is 0 Å². The van der Waals surface area contributed by atoms with Crippen molar-refractivity contribution < 1.29 is 0 Å². The highest BCUT2D eigenvalue weighted by Crippen LogP contribution is 2.22. The molecule has 1 saturated heterocycles. The minimum Gasteiger partial charge on any atom is -0.357 e. The highest BCUT2D eigenvalue weighted by molar-refractivity contribution is 5.92. The van der Waals surface area contributed by atoms with Crippen LogP contribution in [0.4, 0.5) is 5.82 Å². The Morgan fingerprint density at radius 3 is 2.58 bits per heavy atom. The SMILES string of the molecule is C(=Cc1cccc2ccccc12)c1ccnc(N2CCCCC2)c1. The van der Waals surface area contributed by atoms with Gasteiger partial charge in [0, 0.05) is 19.3 Å². The number of pyridine rings is 1. The molecule has 0 bridgehead atoms. The Labute approximate surface area is 143 Å². The second-order valence-corrected chi connectivity index (χ2v) is 6.40. The van der Waals surface area contributed by atoms with Gasteiger partial charge in [-0.1, -0.05) is 54.6 Å². The lowest BCUT2D eigenvalue weighted by Gasteiger charge is -2.27. The third-order valence-electron chi connectivity index (χ3n) is 4.73.